The summed E-state index contributed by atoms with van der Waals surface area (Å²) in [6.07, 6.45) is 1.81. The molecule has 3 nitrogen and oxygen atoms in total. The smallest absolute Gasteiger partial charge is 0.139 e. The molecule has 1 N–H and O–H groups in total. The van der Waals surface area contributed by atoms with Crippen molar-refractivity contribution in [3.8, 4) is 6.07 Å². The van der Waals surface area contributed by atoms with Crippen LogP contribution in [0.25, 0.3) is 5.70 Å². The third kappa shape index (κ3) is 3.75. The highest BCUT2D eigenvalue weighted by molar-refractivity contribution is 5.71. The normalized spacial score (nSPS) is 15.8. The van der Waals surface area contributed by atoms with Gasteiger partial charge in [-0.15, -0.1) is 0 Å². The Labute approximate surface area is 167 Å². The third-order valence-electron chi connectivity index (χ3n) is 5.88. The van der Waals surface area contributed by atoms with E-state index in [1.54, 1.807) is 24.3 Å². The maximum atomic E-state index is 15.5. The molecule has 1 aliphatic rings. The molecule has 0 bridgehead atoms. The van der Waals surface area contributed by atoms with Crippen LogP contribution in [0.2, 0.25) is 0 Å². The molecule has 0 radical (unpaired) electrons. The number of halogens is 1. The van der Waals surface area contributed by atoms with Gasteiger partial charge in [-0.2, -0.15) is 5.26 Å². The summed E-state index contributed by atoms with van der Waals surface area (Å²) in [4.78, 5) is 2.19. The summed E-state index contributed by atoms with van der Waals surface area (Å²) in [5.74, 6) is 0. The first-order chi connectivity index (χ1) is 13.4. The zero-order valence-electron chi connectivity index (χ0n) is 17.0. The van der Waals surface area contributed by atoms with E-state index in [4.69, 9.17) is 5.26 Å². The Bertz CT molecular complexity index is 901. The molecule has 1 fully saturated rings. The van der Waals surface area contributed by atoms with E-state index in [1.165, 1.54) is 11.1 Å². The number of benzene rings is 2. The molecule has 0 spiro atoms. The minimum atomic E-state index is -1.35. The van der Waals surface area contributed by atoms with E-state index >= 15 is 4.39 Å². The number of nitriles is 1. The van der Waals surface area contributed by atoms with Gasteiger partial charge in [0.15, 0.2) is 0 Å². The van der Waals surface area contributed by atoms with E-state index in [0.29, 0.717) is 37.1 Å². The second kappa shape index (κ2) is 8.06. The lowest BCUT2D eigenvalue weighted by molar-refractivity contribution is 0.0794. The summed E-state index contributed by atoms with van der Waals surface area (Å²) in [5, 5.41) is 12.2. The summed E-state index contributed by atoms with van der Waals surface area (Å²) in [7, 11) is 1.94. The first kappa shape index (κ1) is 19.9. The van der Waals surface area contributed by atoms with Gasteiger partial charge in [-0.1, -0.05) is 31.7 Å². The molecule has 0 atom stereocenters. The summed E-state index contributed by atoms with van der Waals surface area (Å²) in [6, 6.07) is 13.3. The van der Waals surface area contributed by atoms with Crippen LogP contribution in [0, 0.1) is 18.3 Å². The molecule has 28 heavy (non-hydrogen) atoms. The highest BCUT2D eigenvalue weighted by Crippen LogP contribution is 2.39. The molecule has 4 heteroatoms. The molecule has 0 amide bonds. The Morgan fingerprint density at radius 1 is 1.25 bits per heavy atom. The molecule has 3 rings (SSSR count). The molecule has 0 saturated carbocycles. The molecule has 146 valence electrons. The van der Waals surface area contributed by atoms with E-state index in [-0.39, 0.29) is 0 Å². The second-order valence-corrected chi connectivity index (χ2v) is 7.52. The summed E-state index contributed by atoms with van der Waals surface area (Å²) in [5.41, 5.74) is 5.57. The first-order valence-electron chi connectivity index (χ1n) is 9.87. The molecule has 2 aromatic rings. The quantitative estimate of drug-likeness (QED) is 0.758. The van der Waals surface area contributed by atoms with Gasteiger partial charge in [0.1, 0.15) is 5.67 Å². The van der Waals surface area contributed by atoms with E-state index in [9.17, 15) is 0 Å². The van der Waals surface area contributed by atoms with Gasteiger partial charge in [0.05, 0.1) is 11.6 Å². The van der Waals surface area contributed by atoms with Crippen molar-refractivity contribution in [2.75, 3.05) is 25.5 Å². The molecular formula is C24H28FN3. The van der Waals surface area contributed by atoms with E-state index in [1.807, 2.05) is 7.05 Å². The number of anilines is 1. The van der Waals surface area contributed by atoms with Gasteiger partial charge in [-0.25, -0.2) is 4.39 Å². The largest absolute Gasteiger partial charge is 0.388 e. The van der Waals surface area contributed by atoms with Crippen LogP contribution in [-0.4, -0.2) is 25.0 Å². The minimum Gasteiger partial charge on any atom is -0.388 e. The number of rotatable bonds is 5. The predicted molar refractivity (Wildman–Crippen MR) is 114 cm³/mol. The van der Waals surface area contributed by atoms with Crippen molar-refractivity contribution in [1.29, 1.82) is 5.26 Å². The number of hydrogen-bond donors (Lipinski definition) is 1. The monoisotopic (exact) mass is 377 g/mol. The number of alkyl halides is 1. The molecule has 1 saturated heterocycles. The number of piperidine rings is 1. The summed E-state index contributed by atoms with van der Waals surface area (Å²) < 4.78 is 15.5. The lowest BCUT2D eigenvalue weighted by atomic mass is 9.85. The number of aryl methyl sites for hydroxylation is 2. The van der Waals surface area contributed by atoms with Crippen LogP contribution < -0.4 is 5.32 Å². The van der Waals surface area contributed by atoms with Gasteiger partial charge < -0.3 is 10.2 Å². The first-order valence-corrected chi connectivity index (χ1v) is 9.87. The van der Waals surface area contributed by atoms with Crippen molar-refractivity contribution in [2.45, 2.75) is 38.8 Å². The van der Waals surface area contributed by atoms with Crippen LogP contribution >= 0.6 is 0 Å². The predicted octanol–water partition coefficient (Wildman–Crippen LogP) is 5.40. The number of likely N-dealkylation sites (tertiary alicyclic amines) is 1. The molecule has 0 aromatic heterocycles. The van der Waals surface area contributed by atoms with Crippen LogP contribution in [0.3, 0.4) is 0 Å². The average Bonchev–Trinajstić information content (AvgIpc) is 2.73. The standard InChI is InChI=1S/C24H28FN3/c1-5-20-14-17(2)22(15-23(20)27-4)18(3)28-12-10-24(25,11-13-28)21-8-6-19(16-26)7-9-21/h6-9,14-15,27H,3,5,10-13H2,1-2,4H3. The molecule has 1 heterocycles. The van der Waals surface area contributed by atoms with Gasteiger partial charge in [-0.3, -0.25) is 0 Å². The van der Waals surface area contributed by atoms with Crippen molar-refractivity contribution in [3.05, 3.63) is 70.8 Å². The minimum absolute atomic E-state index is 0.420. The van der Waals surface area contributed by atoms with Crippen LogP contribution in [0.15, 0.2) is 43.0 Å². The van der Waals surface area contributed by atoms with E-state index in [0.717, 1.165) is 23.4 Å². The van der Waals surface area contributed by atoms with Crippen LogP contribution in [0.1, 0.15) is 47.6 Å². The maximum absolute atomic E-state index is 15.5. The topological polar surface area (TPSA) is 39.1 Å². The van der Waals surface area contributed by atoms with Gasteiger partial charge in [0.2, 0.25) is 0 Å². The number of hydrogen-bond acceptors (Lipinski definition) is 3. The Kier molecular flexibility index (Phi) is 5.74. The van der Waals surface area contributed by atoms with Gasteiger partial charge >= 0.3 is 0 Å². The van der Waals surface area contributed by atoms with E-state index in [2.05, 4.69) is 48.8 Å². The Morgan fingerprint density at radius 2 is 1.89 bits per heavy atom. The zero-order chi connectivity index (χ0) is 20.3. The fraction of sp³-hybridized carbons (Fsp3) is 0.375. The molecule has 0 unspecified atom stereocenters. The fourth-order valence-electron chi connectivity index (χ4n) is 4.04. The van der Waals surface area contributed by atoms with Crippen molar-refractivity contribution < 1.29 is 4.39 Å². The average molecular weight is 378 g/mol. The summed E-state index contributed by atoms with van der Waals surface area (Å²) >= 11 is 0. The lowest BCUT2D eigenvalue weighted by Gasteiger charge is -2.39. The zero-order valence-corrected chi connectivity index (χ0v) is 17.0. The number of nitrogens with one attached hydrogen (secondary N) is 1. The highest BCUT2D eigenvalue weighted by atomic mass is 19.1. The van der Waals surface area contributed by atoms with Crippen molar-refractivity contribution in [1.82, 2.24) is 4.90 Å². The molecule has 2 aromatic carbocycles. The van der Waals surface area contributed by atoms with Gasteiger partial charge in [0.25, 0.3) is 0 Å². The molecular weight excluding hydrogens is 349 g/mol. The fourth-order valence-corrected chi connectivity index (χ4v) is 4.04. The van der Waals surface area contributed by atoms with Crippen LogP contribution in [-0.2, 0) is 12.1 Å². The van der Waals surface area contributed by atoms with E-state index < -0.39 is 5.67 Å². The SMILES string of the molecule is C=C(c1cc(NC)c(CC)cc1C)N1CCC(F)(c2ccc(C#N)cc2)CC1. The number of nitrogens with zero attached hydrogens (tertiary/aromatic N) is 2. The van der Waals surface area contributed by atoms with Gasteiger partial charge in [0, 0.05) is 49.9 Å². The van der Waals surface area contributed by atoms with Gasteiger partial charge in [-0.05, 0) is 48.2 Å². The van der Waals surface area contributed by atoms with Crippen molar-refractivity contribution in [2.24, 2.45) is 0 Å². The van der Waals surface area contributed by atoms with Crippen LogP contribution in [0.5, 0.6) is 0 Å². The summed E-state index contributed by atoms with van der Waals surface area (Å²) in [6.45, 7) is 9.83. The van der Waals surface area contributed by atoms with Crippen molar-refractivity contribution in [3.63, 3.8) is 0 Å². The Balaban J connectivity index is 1.75. The molecule has 0 aliphatic carbocycles. The Hall–Kier alpha value is -2.80. The highest BCUT2D eigenvalue weighted by Gasteiger charge is 2.36. The van der Waals surface area contributed by atoms with Crippen LogP contribution in [0.4, 0.5) is 10.1 Å². The Morgan fingerprint density at radius 3 is 2.43 bits per heavy atom. The third-order valence-corrected chi connectivity index (χ3v) is 5.88. The van der Waals surface area contributed by atoms with Crippen molar-refractivity contribution >= 4 is 11.4 Å². The second-order valence-electron chi connectivity index (χ2n) is 7.52. The molecule has 1 aliphatic heterocycles. The maximum Gasteiger partial charge on any atom is 0.139 e. The lowest BCUT2D eigenvalue weighted by Crippen LogP contribution is -2.39.